The van der Waals surface area contributed by atoms with Gasteiger partial charge in [0.2, 0.25) is 0 Å². The zero-order valence-electron chi connectivity index (χ0n) is 20.8. The molecule has 0 amide bonds. The van der Waals surface area contributed by atoms with Gasteiger partial charge in [0.1, 0.15) is 11.5 Å². The minimum atomic E-state index is -0.586. The van der Waals surface area contributed by atoms with Crippen LogP contribution in [0.5, 0.6) is 11.5 Å². The van der Waals surface area contributed by atoms with Crippen LogP contribution < -0.4 is 15.0 Å². The van der Waals surface area contributed by atoms with Crippen LogP contribution in [0.15, 0.2) is 113 Å². The molecule has 0 aliphatic heterocycles. The molecule has 192 valence electrons. The van der Waals surface area contributed by atoms with E-state index in [2.05, 4.69) is 5.10 Å². The van der Waals surface area contributed by atoms with Gasteiger partial charge < -0.3 is 9.47 Å². The van der Waals surface area contributed by atoms with E-state index in [1.54, 1.807) is 61.7 Å². The zero-order chi connectivity index (χ0) is 27.2. The number of rotatable bonds is 7. The number of aromatic nitrogens is 2. The number of benzene rings is 4. The molecule has 4 aromatic carbocycles. The molecule has 7 nitrogen and oxygen atoms in total. The molecule has 0 saturated heterocycles. The first-order chi connectivity index (χ1) is 19.0. The van der Waals surface area contributed by atoms with Crippen LogP contribution in [0.1, 0.15) is 11.1 Å². The van der Waals surface area contributed by atoms with E-state index in [-0.39, 0.29) is 11.3 Å². The minimum absolute atomic E-state index is 0.232. The largest absolute Gasteiger partial charge is 0.497 e. The molecule has 0 fully saturated rings. The fourth-order valence-electron chi connectivity index (χ4n) is 3.86. The van der Waals surface area contributed by atoms with Crippen molar-refractivity contribution in [1.82, 2.24) is 9.66 Å². The summed E-state index contributed by atoms with van der Waals surface area (Å²) in [5.41, 5.74) is 2.17. The van der Waals surface area contributed by atoms with Gasteiger partial charge in [-0.25, -0.2) is 9.78 Å². The summed E-state index contributed by atoms with van der Waals surface area (Å²) >= 11 is 6.23. The van der Waals surface area contributed by atoms with Gasteiger partial charge in [-0.2, -0.15) is 9.78 Å². The summed E-state index contributed by atoms with van der Waals surface area (Å²) in [6.45, 7) is 0. The number of carbonyl (C=O) groups is 1. The van der Waals surface area contributed by atoms with Gasteiger partial charge in [-0.05, 0) is 54.1 Å². The van der Waals surface area contributed by atoms with Gasteiger partial charge in [-0.3, -0.25) is 4.79 Å². The number of carbonyl (C=O) groups excluding carboxylic acids is 1. The van der Waals surface area contributed by atoms with Crippen molar-refractivity contribution in [3.63, 3.8) is 0 Å². The third-order valence-electron chi connectivity index (χ3n) is 5.81. The van der Waals surface area contributed by atoms with Crippen molar-refractivity contribution in [2.75, 3.05) is 7.11 Å². The maximum Gasteiger partial charge on any atom is 0.336 e. The van der Waals surface area contributed by atoms with Crippen LogP contribution in [0, 0.1) is 0 Å². The van der Waals surface area contributed by atoms with Gasteiger partial charge in [0.25, 0.3) is 5.56 Å². The van der Waals surface area contributed by atoms with Gasteiger partial charge in [-0.15, -0.1) is 0 Å². The Morgan fingerprint density at radius 1 is 0.949 bits per heavy atom. The number of methoxy groups -OCH3 is 1. The summed E-state index contributed by atoms with van der Waals surface area (Å²) in [4.78, 5) is 30.7. The Morgan fingerprint density at radius 2 is 1.69 bits per heavy atom. The molecular formula is C31H22ClN3O4. The number of halogens is 1. The molecule has 0 N–H and O–H groups in total. The Hall–Kier alpha value is -5.01. The molecule has 39 heavy (non-hydrogen) atoms. The van der Waals surface area contributed by atoms with E-state index in [1.807, 2.05) is 48.5 Å². The normalized spacial score (nSPS) is 11.3. The lowest BCUT2D eigenvalue weighted by Gasteiger charge is -2.10. The summed E-state index contributed by atoms with van der Waals surface area (Å²) in [7, 11) is 1.59. The van der Waals surface area contributed by atoms with E-state index < -0.39 is 5.97 Å². The van der Waals surface area contributed by atoms with Gasteiger partial charge in [0, 0.05) is 22.2 Å². The molecular weight excluding hydrogens is 514 g/mol. The monoisotopic (exact) mass is 535 g/mol. The molecule has 8 heteroatoms. The average molecular weight is 536 g/mol. The number of fused-ring (bicyclic) bond motifs is 1. The summed E-state index contributed by atoms with van der Waals surface area (Å²) in [5.74, 6) is 0.738. The van der Waals surface area contributed by atoms with Gasteiger partial charge >= 0.3 is 5.97 Å². The number of para-hydroxylation sites is 1. The summed E-state index contributed by atoms with van der Waals surface area (Å²) in [6, 6.07) is 28.4. The molecule has 0 aliphatic carbocycles. The van der Waals surface area contributed by atoms with Gasteiger partial charge in [-0.1, -0.05) is 66.2 Å². The van der Waals surface area contributed by atoms with Crippen LogP contribution >= 0.6 is 11.6 Å². The first-order valence-electron chi connectivity index (χ1n) is 12.0. The molecule has 0 atom stereocenters. The lowest BCUT2D eigenvalue weighted by Crippen LogP contribution is -2.20. The van der Waals surface area contributed by atoms with Crippen molar-refractivity contribution in [2.24, 2.45) is 5.10 Å². The van der Waals surface area contributed by atoms with Gasteiger partial charge in [0.15, 0.2) is 5.82 Å². The van der Waals surface area contributed by atoms with E-state index >= 15 is 0 Å². The quantitative estimate of drug-likeness (QED) is 0.107. The highest BCUT2D eigenvalue weighted by molar-refractivity contribution is 6.31. The predicted molar refractivity (Wildman–Crippen MR) is 154 cm³/mol. The van der Waals surface area contributed by atoms with Crippen LogP contribution in [-0.2, 0) is 4.79 Å². The molecule has 0 saturated carbocycles. The molecule has 5 rings (SSSR count). The number of esters is 1. The maximum absolute atomic E-state index is 13.4. The molecule has 5 aromatic rings. The number of ether oxygens (including phenoxy) is 2. The second-order valence-electron chi connectivity index (χ2n) is 8.39. The standard InChI is InChI=1S/C31H22ClN3O4/c1-38-25-15-11-21(12-16-25)13-18-29(36)39-28-17-14-24(32)19-23(28)20-33-35-30(22-7-3-2-4-8-22)34-27-10-6-5-9-26(27)31(35)37/h2-20H,1H3/b18-13+,33-20?. The Kier molecular flexibility index (Phi) is 7.61. The molecule has 0 aliphatic rings. The summed E-state index contributed by atoms with van der Waals surface area (Å²) in [5, 5.41) is 5.30. The van der Waals surface area contributed by atoms with Crippen molar-refractivity contribution >= 4 is 40.8 Å². The second-order valence-corrected chi connectivity index (χ2v) is 8.83. The molecule has 0 unspecified atom stereocenters. The van der Waals surface area contributed by atoms with E-state index in [0.29, 0.717) is 27.3 Å². The summed E-state index contributed by atoms with van der Waals surface area (Å²) < 4.78 is 11.9. The van der Waals surface area contributed by atoms with Crippen LogP contribution in [0.2, 0.25) is 5.02 Å². The van der Waals surface area contributed by atoms with Gasteiger partial charge in [0.05, 0.1) is 24.2 Å². The predicted octanol–water partition coefficient (Wildman–Crippen LogP) is 6.23. The SMILES string of the molecule is COc1ccc(/C=C/C(=O)Oc2ccc(Cl)cc2C=Nn2c(-c3ccccc3)nc3ccccc3c2=O)cc1. The van der Waals surface area contributed by atoms with Crippen molar-refractivity contribution in [2.45, 2.75) is 0 Å². The molecule has 0 spiro atoms. The smallest absolute Gasteiger partial charge is 0.336 e. The number of nitrogens with zero attached hydrogens (tertiary/aromatic N) is 3. The number of hydrogen-bond acceptors (Lipinski definition) is 6. The van der Waals surface area contributed by atoms with E-state index in [0.717, 1.165) is 16.9 Å². The van der Waals surface area contributed by atoms with E-state index in [1.165, 1.54) is 17.0 Å². The Bertz CT molecular complexity index is 1760. The van der Waals surface area contributed by atoms with Crippen LogP contribution in [0.3, 0.4) is 0 Å². The van der Waals surface area contributed by atoms with Crippen LogP contribution in [-0.4, -0.2) is 29.0 Å². The lowest BCUT2D eigenvalue weighted by atomic mass is 10.2. The first-order valence-corrected chi connectivity index (χ1v) is 12.3. The third-order valence-corrected chi connectivity index (χ3v) is 6.04. The minimum Gasteiger partial charge on any atom is -0.497 e. The molecule has 0 radical (unpaired) electrons. The highest BCUT2D eigenvalue weighted by Crippen LogP contribution is 2.23. The Balaban J connectivity index is 1.48. The van der Waals surface area contributed by atoms with Crippen molar-refractivity contribution in [1.29, 1.82) is 0 Å². The second kappa shape index (κ2) is 11.6. The topological polar surface area (TPSA) is 82.8 Å². The third kappa shape index (κ3) is 5.95. The molecule has 1 aromatic heterocycles. The lowest BCUT2D eigenvalue weighted by molar-refractivity contribution is -0.128. The molecule has 1 heterocycles. The Morgan fingerprint density at radius 3 is 2.46 bits per heavy atom. The van der Waals surface area contributed by atoms with Crippen molar-refractivity contribution < 1.29 is 14.3 Å². The number of hydrogen-bond donors (Lipinski definition) is 0. The van der Waals surface area contributed by atoms with Crippen LogP contribution in [0.4, 0.5) is 0 Å². The highest BCUT2D eigenvalue weighted by atomic mass is 35.5. The fourth-order valence-corrected chi connectivity index (χ4v) is 4.04. The Labute approximate surface area is 229 Å². The average Bonchev–Trinajstić information content (AvgIpc) is 2.97. The van der Waals surface area contributed by atoms with Crippen molar-refractivity contribution in [3.05, 3.63) is 130 Å². The van der Waals surface area contributed by atoms with E-state index in [9.17, 15) is 9.59 Å². The fraction of sp³-hybridized carbons (Fsp3) is 0.0323. The van der Waals surface area contributed by atoms with Crippen molar-refractivity contribution in [3.8, 4) is 22.9 Å². The highest BCUT2D eigenvalue weighted by Gasteiger charge is 2.13. The maximum atomic E-state index is 13.4. The zero-order valence-corrected chi connectivity index (χ0v) is 21.6. The summed E-state index contributed by atoms with van der Waals surface area (Å²) in [6.07, 6.45) is 4.38. The van der Waals surface area contributed by atoms with E-state index in [4.69, 9.17) is 26.1 Å². The first kappa shape index (κ1) is 25.6. The molecule has 0 bridgehead atoms. The van der Waals surface area contributed by atoms with Crippen LogP contribution in [0.25, 0.3) is 28.4 Å².